The number of amides is 1. The molecule has 3 aromatic rings. The lowest BCUT2D eigenvalue weighted by molar-refractivity contribution is 0.0526. The van der Waals surface area contributed by atoms with E-state index in [0.717, 1.165) is 5.56 Å². The number of benzene rings is 3. The molecule has 1 aliphatic carbocycles. The maximum atomic E-state index is 12.9. The SMILES string of the molecule is CCOC(=O)c1ccc(NC(=O)c2cccc3c2-c2ccccc2C3=O)cc1. The topological polar surface area (TPSA) is 72.5 Å². The molecule has 0 aliphatic heterocycles. The van der Waals surface area contributed by atoms with Crippen LogP contribution in [-0.2, 0) is 4.74 Å². The van der Waals surface area contributed by atoms with E-state index in [4.69, 9.17) is 4.74 Å². The van der Waals surface area contributed by atoms with Crippen LogP contribution >= 0.6 is 0 Å². The number of fused-ring (bicyclic) bond motifs is 3. The molecule has 0 atom stereocenters. The first-order valence-electron chi connectivity index (χ1n) is 8.96. The number of rotatable bonds is 4. The first kappa shape index (κ1) is 17.7. The van der Waals surface area contributed by atoms with Gasteiger partial charge in [-0.15, -0.1) is 0 Å². The summed E-state index contributed by atoms with van der Waals surface area (Å²) < 4.78 is 4.95. The standard InChI is InChI=1S/C23H17NO4/c1-2-28-23(27)14-10-12-15(13-11-14)24-22(26)19-9-5-8-18-20(19)16-6-3-4-7-17(16)21(18)25/h3-13H,2H2,1H3,(H,24,26). The fourth-order valence-corrected chi connectivity index (χ4v) is 3.37. The van der Waals surface area contributed by atoms with Gasteiger partial charge in [-0.25, -0.2) is 4.79 Å². The Labute approximate surface area is 162 Å². The van der Waals surface area contributed by atoms with Crippen molar-refractivity contribution in [3.05, 3.63) is 89.0 Å². The molecule has 3 aromatic carbocycles. The van der Waals surface area contributed by atoms with Crippen LogP contribution in [-0.4, -0.2) is 24.3 Å². The fourth-order valence-electron chi connectivity index (χ4n) is 3.37. The fraction of sp³-hybridized carbons (Fsp3) is 0.0870. The van der Waals surface area contributed by atoms with Gasteiger partial charge in [0.15, 0.2) is 5.78 Å². The van der Waals surface area contributed by atoms with Gasteiger partial charge in [-0.3, -0.25) is 9.59 Å². The summed E-state index contributed by atoms with van der Waals surface area (Å²) >= 11 is 0. The number of nitrogens with one attached hydrogen (secondary N) is 1. The molecule has 0 saturated carbocycles. The summed E-state index contributed by atoms with van der Waals surface area (Å²) in [7, 11) is 0. The van der Waals surface area contributed by atoms with Gasteiger partial charge >= 0.3 is 5.97 Å². The molecule has 1 aliphatic rings. The minimum absolute atomic E-state index is 0.0703. The minimum Gasteiger partial charge on any atom is -0.462 e. The van der Waals surface area contributed by atoms with Crippen LogP contribution in [0.15, 0.2) is 66.7 Å². The van der Waals surface area contributed by atoms with Gasteiger partial charge in [-0.1, -0.05) is 36.4 Å². The molecule has 0 spiro atoms. The normalized spacial score (nSPS) is 11.5. The third-order valence-corrected chi connectivity index (χ3v) is 4.65. The molecule has 4 rings (SSSR count). The number of ether oxygens (including phenoxy) is 1. The predicted molar refractivity (Wildman–Crippen MR) is 106 cm³/mol. The second-order valence-corrected chi connectivity index (χ2v) is 6.35. The monoisotopic (exact) mass is 371 g/mol. The molecule has 0 saturated heterocycles. The Morgan fingerprint density at radius 1 is 0.857 bits per heavy atom. The third-order valence-electron chi connectivity index (χ3n) is 4.65. The van der Waals surface area contributed by atoms with Gasteiger partial charge in [0.25, 0.3) is 5.91 Å². The summed E-state index contributed by atoms with van der Waals surface area (Å²) in [4.78, 5) is 37.2. The number of hydrogen-bond acceptors (Lipinski definition) is 4. The van der Waals surface area contributed by atoms with Crippen LogP contribution in [0.4, 0.5) is 5.69 Å². The van der Waals surface area contributed by atoms with Crippen molar-refractivity contribution in [2.24, 2.45) is 0 Å². The van der Waals surface area contributed by atoms with E-state index in [2.05, 4.69) is 5.32 Å². The molecule has 5 nitrogen and oxygen atoms in total. The van der Waals surface area contributed by atoms with E-state index in [-0.39, 0.29) is 11.7 Å². The molecule has 0 fully saturated rings. The van der Waals surface area contributed by atoms with Crippen molar-refractivity contribution in [3.63, 3.8) is 0 Å². The van der Waals surface area contributed by atoms with Gasteiger partial charge in [0, 0.05) is 27.9 Å². The third kappa shape index (κ3) is 2.97. The molecule has 28 heavy (non-hydrogen) atoms. The maximum absolute atomic E-state index is 12.9. The zero-order valence-corrected chi connectivity index (χ0v) is 15.2. The Kier molecular flexibility index (Phi) is 4.49. The molecule has 0 radical (unpaired) electrons. The molecule has 138 valence electrons. The smallest absolute Gasteiger partial charge is 0.338 e. The first-order valence-corrected chi connectivity index (χ1v) is 8.96. The largest absolute Gasteiger partial charge is 0.462 e. The molecule has 5 heteroatoms. The van der Waals surface area contributed by atoms with E-state index in [9.17, 15) is 14.4 Å². The van der Waals surface area contributed by atoms with Crippen molar-refractivity contribution in [1.82, 2.24) is 0 Å². The van der Waals surface area contributed by atoms with Gasteiger partial charge < -0.3 is 10.1 Å². The van der Waals surface area contributed by atoms with Crippen LogP contribution in [0.3, 0.4) is 0 Å². The molecular formula is C23H17NO4. The Bertz CT molecular complexity index is 1100. The van der Waals surface area contributed by atoms with Crippen molar-refractivity contribution in [3.8, 4) is 11.1 Å². The van der Waals surface area contributed by atoms with Crippen LogP contribution < -0.4 is 5.32 Å². The molecular weight excluding hydrogens is 354 g/mol. The lowest BCUT2D eigenvalue weighted by Crippen LogP contribution is -2.14. The zero-order chi connectivity index (χ0) is 19.7. The first-order chi connectivity index (χ1) is 13.6. The number of ketones is 1. The molecule has 0 bridgehead atoms. The summed E-state index contributed by atoms with van der Waals surface area (Å²) in [5.74, 6) is -0.791. The maximum Gasteiger partial charge on any atom is 0.338 e. The number of hydrogen-bond donors (Lipinski definition) is 1. The van der Waals surface area contributed by atoms with E-state index in [1.165, 1.54) is 0 Å². The molecule has 0 heterocycles. The van der Waals surface area contributed by atoms with Crippen LogP contribution in [0.2, 0.25) is 0 Å². The lowest BCUT2D eigenvalue weighted by Gasteiger charge is -2.10. The minimum atomic E-state index is -0.406. The van der Waals surface area contributed by atoms with E-state index in [0.29, 0.717) is 40.1 Å². The number of anilines is 1. The van der Waals surface area contributed by atoms with Crippen LogP contribution in [0.1, 0.15) is 43.6 Å². The number of esters is 1. The van der Waals surface area contributed by atoms with Gasteiger partial charge in [0.05, 0.1) is 12.2 Å². The second kappa shape index (κ2) is 7.12. The molecule has 0 unspecified atom stereocenters. The highest BCUT2D eigenvalue weighted by Crippen LogP contribution is 2.38. The Morgan fingerprint density at radius 3 is 2.25 bits per heavy atom. The predicted octanol–water partition coefficient (Wildman–Crippen LogP) is 4.33. The van der Waals surface area contributed by atoms with Gasteiger partial charge in [0.1, 0.15) is 0 Å². The lowest BCUT2D eigenvalue weighted by atomic mass is 9.99. The highest BCUT2D eigenvalue weighted by molar-refractivity contribution is 6.25. The highest BCUT2D eigenvalue weighted by atomic mass is 16.5. The van der Waals surface area contributed by atoms with Gasteiger partial charge in [-0.05, 0) is 42.8 Å². The molecule has 1 amide bonds. The van der Waals surface area contributed by atoms with E-state index < -0.39 is 5.97 Å². The Balaban J connectivity index is 1.63. The van der Waals surface area contributed by atoms with Crippen molar-refractivity contribution in [2.75, 3.05) is 11.9 Å². The Morgan fingerprint density at radius 2 is 1.54 bits per heavy atom. The molecule has 0 aromatic heterocycles. The quantitative estimate of drug-likeness (QED) is 0.542. The summed E-state index contributed by atoms with van der Waals surface area (Å²) in [6.07, 6.45) is 0. The van der Waals surface area contributed by atoms with Gasteiger partial charge in [0.2, 0.25) is 0 Å². The molecule has 1 N–H and O–H groups in total. The van der Waals surface area contributed by atoms with Crippen molar-refractivity contribution >= 4 is 23.3 Å². The summed E-state index contributed by atoms with van der Waals surface area (Å²) in [6.45, 7) is 2.05. The van der Waals surface area contributed by atoms with E-state index >= 15 is 0 Å². The van der Waals surface area contributed by atoms with Crippen molar-refractivity contribution < 1.29 is 19.1 Å². The summed E-state index contributed by atoms with van der Waals surface area (Å²) in [6, 6.07) is 18.9. The second-order valence-electron chi connectivity index (χ2n) is 6.35. The summed E-state index contributed by atoms with van der Waals surface area (Å²) in [5.41, 5.74) is 3.97. The average molecular weight is 371 g/mol. The zero-order valence-electron chi connectivity index (χ0n) is 15.2. The van der Waals surface area contributed by atoms with Crippen LogP contribution in [0.5, 0.6) is 0 Å². The highest BCUT2D eigenvalue weighted by Gasteiger charge is 2.30. The van der Waals surface area contributed by atoms with E-state index in [1.54, 1.807) is 55.5 Å². The number of carbonyl (C=O) groups is 3. The van der Waals surface area contributed by atoms with E-state index in [1.807, 2.05) is 18.2 Å². The van der Waals surface area contributed by atoms with Crippen LogP contribution in [0, 0.1) is 0 Å². The Hall–Kier alpha value is -3.73. The number of carbonyl (C=O) groups excluding carboxylic acids is 3. The van der Waals surface area contributed by atoms with Gasteiger partial charge in [-0.2, -0.15) is 0 Å². The summed E-state index contributed by atoms with van der Waals surface area (Å²) in [5, 5.41) is 2.83. The average Bonchev–Trinajstić information content (AvgIpc) is 3.01. The van der Waals surface area contributed by atoms with Crippen molar-refractivity contribution in [2.45, 2.75) is 6.92 Å². The van der Waals surface area contributed by atoms with Crippen molar-refractivity contribution in [1.29, 1.82) is 0 Å². The van der Waals surface area contributed by atoms with Crippen LogP contribution in [0.25, 0.3) is 11.1 Å².